The largest absolute Gasteiger partial charge is 0.326 e. The monoisotopic (exact) mass is 378 g/mol. The number of hydrogen-bond donors (Lipinski definition) is 3. The summed E-state index contributed by atoms with van der Waals surface area (Å²) >= 11 is 0. The highest BCUT2D eigenvalue weighted by atomic mass is 16.2. The maximum absolute atomic E-state index is 12.4. The number of anilines is 4. The Labute approximate surface area is 163 Å². The summed E-state index contributed by atoms with van der Waals surface area (Å²) in [4.78, 5) is 37.5. The number of urea groups is 1. The lowest BCUT2D eigenvalue weighted by molar-refractivity contribution is -0.119. The number of nitrogens with one attached hydrogen (secondary N) is 3. The highest BCUT2D eigenvalue weighted by Crippen LogP contribution is 2.37. The van der Waals surface area contributed by atoms with Crippen LogP contribution in [0.1, 0.15) is 30.9 Å². The van der Waals surface area contributed by atoms with Crippen LogP contribution < -0.4 is 20.9 Å². The van der Waals surface area contributed by atoms with E-state index in [4.69, 9.17) is 0 Å². The summed E-state index contributed by atoms with van der Waals surface area (Å²) in [5.74, 6) is 0.0460. The zero-order valence-electron chi connectivity index (χ0n) is 15.7. The second kappa shape index (κ2) is 7.34. The summed E-state index contributed by atoms with van der Waals surface area (Å²) in [5, 5.41) is 8.36. The molecule has 0 unspecified atom stereocenters. The van der Waals surface area contributed by atoms with Gasteiger partial charge in [0, 0.05) is 37.0 Å². The third-order valence-electron chi connectivity index (χ3n) is 5.00. The standard InChI is InChI=1S/C21H22N4O3/c1-13(26)22-16-5-7-17(8-6-16)23-21(28)24-18-11-14-3-2-10-25-19(27)9-4-15(12-18)20(14)25/h5-8,11-12H,2-4,9-10H2,1H3,(H,22,26)(H2,23,24,28). The Balaban J connectivity index is 1.47. The minimum absolute atomic E-state index is 0.143. The summed E-state index contributed by atoms with van der Waals surface area (Å²) in [7, 11) is 0. The molecule has 144 valence electrons. The molecule has 0 spiro atoms. The molecule has 4 rings (SSSR count). The van der Waals surface area contributed by atoms with Gasteiger partial charge in [-0.1, -0.05) is 0 Å². The van der Waals surface area contributed by atoms with E-state index in [1.165, 1.54) is 6.92 Å². The zero-order valence-corrected chi connectivity index (χ0v) is 15.7. The molecule has 0 aliphatic carbocycles. The van der Waals surface area contributed by atoms with Gasteiger partial charge in [0.05, 0.1) is 5.69 Å². The second-order valence-corrected chi connectivity index (χ2v) is 7.13. The fourth-order valence-corrected chi connectivity index (χ4v) is 3.86. The van der Waals surface area contributed by atoms with E-state index >= 15 is 0 Å². The van der Waals surface area contributed by atoms with Crippen LogP contribution >= 0.6 is 0 Å². The molecule has 7 nitrogen and oxygen atoms in total. The van der Waals surface area contributed by atoms with Gasteiger partial charge in [0.15, 0.2) is 0 Å². The highest BCUT2D eigenvalue weighted by molar-refractivity contribution is 6.02. The van der Waals surface area contributed by atoms with E-state index in [0.29, 0.717) is 24.2 Å². The molecular weight excluding hydrogens is 356 g/mol. The van der Waals surface area contributed by atoms with Crippen LogP contribution in [0.25, 0.3) is 0 Å². The smallest absolute Gasteiger partial charge is 0.323 e. The number of aryl methyl sites for hydroxylation is 2. The van der Waals surface area contributed by atoms with E-state index in [-0.39, 0.29) is 17.8 Å². The topological polar surface area (TPSA) is 90.5 Å². The van der Waals surface area contributed by atoms with Gasteiger partial charge in [0.25, 0.3) is 0 Å². The Morgan fingerprint density at radius 1 is 0.857 bits per heavy atom. The predicted molar refractivity (Wildman–Crippen MR) is 109 cm³/mol. The fourth-order valence-electron chi connectivity index (χ4n) is 3.86. The van der Waals surface area contributed by atoms with E-state index < -0.39 is 0 Å². The Morgan fingerprint density at radius 2 is 1.46 bits per heavy atom. The van der Waals surface area contributed by atoms with Crippen molar-refractivity contribution in [3.05, 3.63) is 47.5 Å². The summed E-state index contributed by atoms with van der Waals surface area (Å²) in [5.41, 5.74) is 5.31. The van der Waals surface area contributed by atoms with E-state index in [0.717, 1.165) is 41.9 Å². The molecule has 4 amide bonds. The van der Waals surface area contributed by atoms with Crippen molar-refractivity contribution < 1.29 is 14.4 Å². The van der Waals surface area contributed by atoms with Gasteiger partial charge in [-0.15, -0.1) is 0 Å². The van der Waals surface area contributed by atoms with E-state index in [2.05, 4.69) is 16.0 Å². The second-order valence-electron chi connectivity index (χ2n) is 7.13. The first kappa shape index (κ1) is 18.0. The highest BCUT2D eigenvalue weighted by Gasteiger charge is 2.29. The maximum Gasteiger partial charge on any atom is 0.323 e. The number of hydrogen-bond acceptors (Lipinski definition) is 3. The maximum atomic E-state index is 12.4. The Kier molecular flexibility index (Phi) is 4.73. The summed E-state index contributed by atoms with van der Waals surface area (Å²) in [6.07, 6.45) is 3.07. The van der Waals surface area contributed by atoms with Crippen molar-refractivity contribution in [2.75, 3.05) is 27.4 Å². The Hall–Kier alpha value is -3.35. The van der Waals surface area contributed by atoms with Gasteiger partial charge in [-0.3, -0.25) is 9.59 Å². The number of carbonyl (C=O) groups excluding carboxylic acids is 3. The first-order chi connectivity index (χ1) is 13.5. The molecule has 0 bridgehead atoms. The first-order valence-corrected chi connectivity index (χ1v) is 9.41. The van der Waals surface area contributed by atoms with E-state index in [1.807, 2.05) is 17.0 Å². The van der Waals surface area contributed by atoms with Crippen molar-refractivity contribution in [2.45, 2.75) is 32.6 Å². The molecule has 0 radical (unpaired) electrons. The SMILES string of the molecule is CC(=O)Nc1ccc(NC(=O)Nc2cc3c4c(c2)CCC(=O)N4CCC3)cc1. The lowest BCUT2D eigenvalue weighted by Crippen LogP contribution is -2.39. The van der Waals surface area contributed by atoms with Crippen LogP contribution in [0.3, 0.4) is 0 Å². The van der Waals surface area contributed by atoms with Gasteiger partial charge in [0.2, 0.25) is 11.8 Å². The summed E-state index contributed by atoms with van der Waals surface area (Å²) in [6, 6.07) is 10.5. The van der Waals surface area contributed by atoms with Crippen LogP contribution in [0.2, 0.25) is 0 Å². The molecule has 2 heterocycles. The van der Waals surface area contributed by atoms with E-state index in [9.17, 15) is 14.4 Å². The lowest BCUT2D eigenvalue weighted by atomic mass is 9.91. The van der Waals surface area contributed by atoms with Crippen LogP contribution in [0, 0.1) is 0 Å². The van der Waals surface area contributed by atoms with Crippen LogP contribution in [0.15, 0.2) is 36.4 Å². The van der Waals surface area contributed by atoms with Gasteiger partial charge in [0.1, 0.15) is 0 Å². The number of nitrogens with zero attached hydrogens (tertiary/aromatic N) is 1. The first-order valence-electron chi connectivity index (χ1n) is 9.41. The van der Waals surface area contributed by atoms with E-state index in [1.54, 1.807) is 24.3 Å². The summed E-state index contributed by atoms with van der Waals surface area (Å²) < 4.78 is 0. The molecule has 2 aromatic rings. The number of benzene rings is 2. The fraction of sp³-hybridized carbons (Fsp3) is 0.286. The molecule has 2 aliphatic heterocycles. The zero-order chi connectivity index (χ0) is 19.7. The van der Waals surface area contributed by atoms with Crippen molar-refractivity contribution in [1.82, 2.24) is 0 Å². The minimum Gasteiger partial charge on any atom is -0.326 e. The molecule has 3 N–H and O–H groups in total. The van der Waals surface area contributed by atoms with Gasteiger partial charge in [-0.25, -0.2) is 4.79 Å². The van der Waals surface area contributed by atoms with Crippen molar-refractivity contribution in [1.29, 1.82) is 0 Å². The van der Waals surface area contributed by atoms with Crippen molar-refractivity contribution >= 4 is 40.6 Å². The van der Waals surface area contributed by atoms with Gasteiger partial charge in [-0.2, -0.15) is 0 Å². The van der Waals surface area contributed by atoms with Crippen molar-refractivity contribution in [3.63, 3.8) is 0 Å². The van der Waals surface area contributed by atoms with Gasteiger partial charge >= 0.3 is 6.03 Å². The van der Waals surface area contributed by atoms with Crippen LogP contribution in [-0.2, 0) is 22.4 Å². The average molecular weight is 378 g/mol. The lowest BCUT2D eigenvalue weighted by Gasteiger charge is -2.35. The van der Waals surface area contributed by atoms with Crippen molar-refractivity contribution in [3.8, 4) is 0 Å². The normalized spacial score (nSPS) is 14.9. The average Bonchev–Trinajstić information content (AvgIpc) is 2.66. The number of carbonyl (C=O) groups is 3. The molecule has 2 aromatic carbocycles. The van der Waals surface area contributed by atoms with Gasteiger partial charge in [-0.05, 0) is 66.8 Å². The Bertz CT molecular complexity index is 936. The quantitative estimate of drug-likeness (QED) is 0.763. The predicted octanol–water partition coefficient (Wildman–Crippen LogP) is 3.51. The molecule has 0 aromatic heterocycles. The molecule has 0 saturated heterocycles. The molecule has 0 saturated carbocycles. The van der Waals surface area contributed by atoms with Crippen LogP contribution in [0.4, 0.5) is 27.5 Å². The molecule has 28 heavy (non-hydrogen) atoms. The van der Waals surface area contributed by atoms with Crippen LogP contribution in [-0.4, -0.2) is 24.4 Å². The minimum atomic E-state index is -0.334. The summed E-state index contributed by atoms with van der Waals surface area (Å²) in [6.45, 7) is 2.22. The van der Waals surface area contributed by atoms with Crippen molar-refractivity contribution in [2.24, 2.45) is 0 Å². The third kappa shape index (κ3) is 3.69. The van der Waals surface area contributed by atoms with Gasteiger partial charge < -0.3 is 20.9 Å². The molecule has 2 aliphatic rings. The molecule has 7 heteroatoms. The van der Waals surface area contributed by atoms with Crippen LogP contribution in [0.5, 0.6) is 0 Å². The molecular formula is C21H22N4O3. The molecule has 0 fully saturated rings. The third-order valence-corrected chi connectivity index (χ3v) is 5.00. The number of rotatable bonds is 3. The number of amides is 4. The molecule has 0 atom stereocenters. The Morgan fingerprint density at radius 3 is 2.14 bits per heavy atom.